The third kappa shape index (κ3) is 2.84. The van der Waals surface area contributed by atoms with Crippen molar-refractivity contribution < 1.29 is 14.2 Å². The van der Waals surface area contributed by atoms with Crippen LogP contribution in [-0.4, -0.2) is 21.3 Å². The molecule has 17 heavy (non-hydrogen) atoms. The zero-order valence-electron chi connectivity index (χ0n) is 11.2. The van der Waals surface area contributed by atoms with E-state index in [1.54, 1.807) is 21.3 Å². The largest absolute Gasteiger partial charge is 0.496 e. The van der Waals surface area contributed by atoms with Gasteiger partial charge in [0.25, 0.3) is 0 Å². The van der Waals surface area contributed by atoms with Crippen LogP contribution in [0.3, 0.4) is 0 Å². The summed E-state index contributed by atoms with van der Waals surface area (Å²) in [5, 5.41) is -0.0804. The minimum Gasteiger partial charge on any atom is -0.496 e. The molecule has 1 aromatic carbocycles. The lowest BCUT2D eigenvalue weighted by atomic mass is 9.95. The van der Waals surface area contributed by atoms with E-state index in [0.717, 1.165) is 29.2 Å². The van der Waals surface area contributed by atoms with Crippen molar-refractivity contribution in [3.63, 3.8) is 0 Å². The first-order valence-electron chi connectivity index (χ1n) is 5.59. The van der Waals surface area contributed by atoms with Crippen LogP contribution in [0.15, 0.2) is 12.1 Å². The lowest BCUT2D eigenvalue weighted by Crippen LogP contribution is -2.14. The maximum atomic E-state index is 5.45. The Labute approximate surface area is 106 Å². The normalized spacial score (nSPS) is 14.0. The van der Waals surface area contributed by atoms with E-state index >= 15 is 0 Å². The molecule has 0 N–H and O–H groups in total. The molecule has 1 rings (SSSR count). The summed E-state index contributed by atoms with van der Waals surface area (Å²) < 4.78 is 16.1. The van der Waals surface area contributed by atoms with Crippen molar-refractivity contribution in [1.82, 2.24) is 0 Å². The zero-order valence-corrected chi connectivity index (χ0v) is 12.3. The summed E-state index contributed by atoms with van der Waals surface area (Å²) in [6, 6.07) is 3.77. The third-order valence-corrected chi connectivity index (χ3v) is 3.72. The van der Waals surface area contributed by atoms with Crippen LogP contribution in [0.25, 0.3) is 0 Å². The Bertz CT molecular complexity index is 363. The smallest absolute Gasteiger partial charge is 0.130 e. The second kappa shape index (κ2) is 5.59. The topological polar surface area (TPSA) is 27.7 Å². The van der Waals surface area contributed by atoms with Gasteiger partial charge in [-0.1, -0.05) is 13.8 Å². The SMILES string of the molecule is CCC(C)(P)c1c(OC)cc(OC)cc1OC. The number of rotatable bonds is 5. The van der Waals surface area contributed by atoms with E-state index in [2.05, 4.69) is 23.1 Å². The third-order valence-electron chi connectivity index (χ3n) is 3.02. The molecule has 0 aliphatic heterocycles. The predicted octanol–water partition coefficient (Wildman–Crippen LogP) is 3.21. The van der Waals surface area contributed by atoms with Crippen molar-refractivity contribution in [3.05, 3.63) is 17.7 Å². The summed E-state index contributed by atoms with van der Waals surface area (Å²) in [6.45, 7) is 4.28. The summed E-state index contributed by atoms with van der Waals surface area (Å²) in [5.41, 5.74) is 1.05. The molecular weight excluding hydrogens is 235 g/mol. The molecular formula is C13H21O3P. The van der Waals surface area contributed by atoms with Crippen LogP contribution >= 0.6 is 9.24 Å². The average molecular weight is 256 g/mol. The molecule has 0 fully saturated rings. The van der Waals surface area contributed by atoms with E-state index in [-0.39, 0.29) is 5.16 Å². The standard InChI is InChI=1S/C13H21O3P/c1-6-13(2,17)12-10(15-4)7-9(14-3)8-11(12)16-5/h7-8H,6,17H2,1-5H3. The van der Waals surface area contributed by atoms with E-state index in [1.165, 1.54) is 0 Å². The summed E-state index contributed by atoms with van der Waals surface area (Å²) >= 11 is 0. The van der Waals surface area contributed by atoms with Gasteiger partial charge in [-0.05, 0) is 6.42 Å². The minimum atomic E-state index is -0.0804. The van der Waals surface area contributed by atoms with Crippen LogP contribution in [0.4, 0.5) is 0 Å². The molecule has 0 spiro atoms. The van der Waals surface area contributed by atoms with Crippen molar-refractivity contribution >= 4 is 9.24 Å². The Kier molecular flexibility index (Phi) is 4.64. The van der Waals surface area contributed by atoms with Crippen LogP contribution in [0, 0.1) is 0 Å². The quantitative estimate of drug-likeness (QED) is 0.757. The first-order chi connectivity index (χ1) is 8.00. The Morgan fingerprint density at radius 3 is 1.82 bits per heavy atom. The highest BCUT2D eigenvalue weighted by Crippen LogP contribution is 2.47. The van der Waals surface area contributed by atoms with Crippen molar-refractivity contribution in [2.24, 2.45) is 0 Å². The lowest BCUT2D eigenvalue weighted by Gasteiger charge is -2.27. The molecule has 0 aliphatic carbocycles. The highest BCUT2D eigenvalue weighted by molar-refractivity contribution is 7.18. The van der Waals surface area contributed by atoms with Gasteiger partial charge in [0.1, 0.15) is 17.2 Å². The van der Waals surface area contributed by atoms with Gasteiger partial charge in [0.2, 0.25) is 0 Å². The average Bonchev–Trinajstić information content (AvgIpc) is 2.36. The lowest BCUT2D eigenvalue weighted by molar-refractivity contribution is 0.361. The Hall–Kier alpha value is -0.950. The van der Waals surface area contributed by atoms with Crippen molar-refractivity contribution in [2.45, 2.75) is 25.4 Å². The number of hydrogen-bond acceptors (Lipinski definition) is 3. The van der Waals surface area contributed by atoms with Gasteiger partial charge in [-0.2, -0.15) is 0 Å². The van der Waals surface area contributed by atoms with Gasteiger partial charge in [0, 0.05) is 22.9 Å². The summed E-state index contributed by atoms with van der Waals surface area (Å²) in [5.74, 6) is 2.32. The van der Waals surface area contributed by atoms with E-state index < -0.39 is 0 Å². The minimum absolute atomic E-state index is 0.0804. The first-order valence-corrected chi connectivity index (χ1v) is 6.17. The monoisotopic (exact) mass is 256 g/mol. The van der Waals surface area contributed by atoms with Crippen LogP contribution in [-0.2, 0) is 5.16 Å². The molecule has 2 unspecified atom stereocenters. The van der Waals surface area contributed by atoms with Crippen LogP contribution in [0.5, 0.6) is 17.2 Å². The van der Waals surface area contributed by atoms with E-state index in [4.69, 9.17) is 14.2 Å². The molecule has 0 saturated heterocycles. The molecule has 1 aromatic rings. The molecule has 3 nitrogen and oxygen atoms in total. The van der Waals surface area contributed by atoms with Crippen molar-refractivity contribution in [2.75, 3.05) is 21.3 Å². The number of ether oxygens (including phenoxy) is 3. The van der Waals surface area contributed by atoms with Gasteiger partial charge in [0.15, 0.2) is 0 Å². The summed E-state index contributed by atoms with van der Waals surface area (Å²) in [4.78, 5) is 0. The van der Waals surface area contributed by atoms with Gasteiger partial charge in [-0.15, -0.1) is 9.24 Å². The fourth-order valence-electron chi connectivity index (χ4n) is 1.75. The maximum Gasteiger partial charge on any atom is 0.130 e. The van der Waals surface area contributed by atoms with Gasteiger partial charge >= 0.3 is 0 Å². The second-order valence-corrected chi connectivity index (χ2v) is 5.45. The van der Waals surface area contributed by atoms with Gasteiger partial charge in [-0.3, -0.25) is 0 Å². The highest BCUT2D eigenvalue weighted by atomic mass is 31.0. The fourth-order valence-corrected chi connectivity index (χ4v) is 2.03. The summed E-state index contributed by atoms with van der Waals surface area (Å²) in [6.07, 6.45) is 0.969. The van der Waals surface area contributed by atoms with Crippen LogP contribution in [0.2, 0.25) is 0 Å². The molecule has 4 heteroatoms. The second-order valence-electron chi connectivity index (χ2n) is 4.18. The molecule has 0 aromatic heterocycles. The Morgan fingerprint density at radius 1 is 1.06 bits per heavy atom. The zero-order chi connectivity index (χ0) is 13.1. The fraction of sp³-hybridized carbons (Fsp3) is 0.538. The molecule has 0 heterocycles. The van der Waals surface area contributed by atoms with Gasteiger partial charge in [-0.25, -0.2) is 0 Å². The van der Waals surface area contributed by atoms with Crippen molar-refractivity contribution in [3.8, 4) is 17.2 Å². The number of benzene rings is 1. The predicted molar refractivity (Wildman–Crippen MR) is 73.5 cm³/mol. The molecule has 0 saturated carbocycles. The summed E-state index contributed by atoms with van der Waals surface area (Å²) in [7, 11) is 7.82. The van der Waals surface area contributed by atoms with Crippen LogP contribution < -0.4 is 14.2 Å². The van der Waals surface area contributed by atoms with E-state index in [0.29, 0.717) is 0 Å². The molecule has 0 bridgehead atoms. The number of hydrogen-bond donors (Lipinski definition) is 0. The number of methoxy groups -OCH3 is 3. The Morgan fingerprint density at radius 2 is 1.53 bits per heavy atom. The Balaban J connectivity index is 3.45. The maximum absolute atomic E-state index is 5.45. The molecule has 0 aliphatic rings. The molecule has 96 valence electrons. The van der Waals surface area contributed by atoms with Gasteiger partial charge in [0.05, 0.1) is 21.3 Å². The highest BCUT2D eigenvalue weighted by Gasteiger charge is 2.27. The molecule has 2 atom stereocenters. The molecule has 0 amide bonds. The van der Waals surface area contributed by atoms with Crippen LogP contribution in [0.1, 0.15) is 25.8 Å². The van der Waals surface area contributed by atoms with E-state index in [9.17, 15) is 0 Å². The first kappa shape index (κ1) is 14.1. The van der Waals surface area contributed by atoms with E-state index in [1.807, 2.05) is 12.1 Å². The van der Waals surface area contributed by atoms with Crippen molar-refractivity contribution in [1.29, 1.82) is 0 Å². The molecule has 0 radical (unpaired) electrons. The van der Waals surface area contributed by atoms with Gasteiger partial charge < -0.3 is 14.2 Å².